The molecule has 0 aliphatic heterocycles. The van der Waals surface area contributed by atoms with Crippen LogP contribution in [-0.2, 0) is 6.42 Å². The molecular weight excluding hydrogens is 428 g/mol. The zero-order valence-corrected chi connectivity index (χ0v) is 17.3. The SMILES string of the molecule is CCN(CC)C(=S)Sc1cnccc1CC(=O)c1sc(N)nc1Br. The summed E-state index contributed by atoms with van der Waals surface area (Å²) in [7, 11) is 0. The third-order valence-corrected chi connectivity index (χ3v) is 6.59. The van der Waals surface area contributed by atoms with E-state index >= 15 is 0 Å². The maximum atomic E-state index is 12.5. The molecule has 2 N–H and O–H groups in total. The van der Waals surface area contributed by atoms with Gasteiger partial charge >= 0.3 is 0 Å². The highest BCUT2D eigenvalue weighted by Gasteiger charge is 2.18. The molecule has 0 fully saturated rings. The minimum atomic E-state index is -0.0297. The molecule has 0 spiro atoms. The molecular formula is C15H17BrN4OS3. The second-order valence-corrected chi connectivity index (χ2v) is 8.25. The van der Waals surface area contributed by atoms with E-state index in [1.54, 1.807) is 12.4 Å². The van der Waals surface area contributed by atoms with Gasteiger partial charge in [0, 0.05) is 36.8 Å². The summed E-state index contributed by atoms with van der Waals surface area (Å²) in [5, 5.41) is 0.372. The maximum Gasteiger partial charge on any atom is 0.181 e. The molecule has 0 unspecified atom stereocenters. The van der Waals surface area contributed by atoms with Gasteiger partial charge in [0.25, 0.3) is 0 Å². The van der Waals surface area contributed by atoms with Gasteiger partial charge in [0.2, 0.25) is 0 Å². The number of carbonyl (C=O) groups is 1. The van der Waals surface area contributed by atoms with Crippen LogP contribution in [0.4, 0.5) is 5.13 Å². The van der Waals surface area contributed by atoms with E-state index in [4.69, 9.17) is 18.0 Å². The maximum absolute atomic E-state index is 12.5. The number of nitrogens with two attached hydrogens (primary N) is 1. The summed E-state index contributed by atoms with van der Waals surface area (Å²) in [6.07, 6.45) is 3.69. The lowest BCUT2D eigenvalue weighted by Crippen LogP contribution is -2.26. The van der Waals surface area contributed by atoms with Crippen molar-refractivity contribution in [3.05, 3.63) is 33.5 Å². The molecule has 0 amide bonds. The first-order valence-corrected chi connectivity index (χ1v) is 10.1. The van der Waals surface area contributed by atoms with Crippen LogP contribution in [0.5, 0.6) is 0 Å². The molecule has 2 rings (SSSR count). The molecule has 0 saturated heterocycles. The van der Waals surface area contributed by atoms with Crippen LogP contribution in [0.3, 0.4) is 0 Å². The molecule has 128 valence electrons. The lowest BCUT2D eigenvalue weighted by atomic mass is 10.1. The molecule has 0 aliphatic rings. The summed E-state index contributed by atoms with van der Waals surface area (Å²) < 4.78 is 1.28. The number of anilines is 1. The fourth-order valence-corrected chi connectivity index (χ4v) is 4.95. The number of ketones is 1. The molecule has 24 heavy (non-hydrogen) atoms. The first kappa shape index (κ1) is 19.3. The van der Waals surface area contributed by atoms with Crippen molar-refractivity contribution in [2.75, 3.05) is 18.8 Å². The van der Waals surface area contributed by atoms with E-state index in [0.717, 1.165) is 27.9 Å². The summed E-state index contributed by atoms with van der Waals surface area (Å²) >= 11 is 11.4. The van der Waals surface area contributed by atoms with Crippen LogP contribution >= 0.6 is 51.2 Å². The molecule has 0 saturated carbocycles. The van der Waals surface area contributed by atoms with Crippen molar-refractivity contribution in [3.63, 3.8) is 0 Å². The molecule has 2 aromatic heterocycles. The van der Waals surface area contributed by atoms with Gasteiger partial charge in [-0.2, -0.15) is 0 Å². The van der Waals surface area contributed by atoms with Crippen LogP contribution in [0.1, 0.15) is 29.1 Å². The molecule has 0 radical (unpaired) electrons. The minimum Gasteiger partial charge on any atom is -0.375 e. The number of thioether (sulfide) groups is 1. The Bertz CT molecular complexity index is 746. The van der Waals surface area contributed by atoms with E-state index in [1.807, 2.05) is 6.07 Å². The van der Waals surface area contributed by atoms with Crippen molar-refractivity contribution in [2.45, 2.75) is 25.2 Å². The van der Waals surface area contributed by atoms with Crippen molar-refractivity contribution < 1.29 is 4.79 Å². The second-order valence-electron chi connectivity index (χ2n) is 4.80. The zero-order valence-electron chi connectivity index (χ0n) is 13.3. The Balaban J connectivity index is 2.18. The average Bonchev–Trinajstić information content (AvgIpc) is 2.89. The molecule has 0 aliphatic carbocycles. The third kappa shape index (κ3) is 4.75. The summed E-state index contributed by atoms with van der Waals surface area (Å²) in [6, 6.07) is 1.85. The van der Waals surface area contributed by atoms with Crippen molar-refractivity contribution in [1.82, 2.24) is 14.9 Å². The Labute approximate surface area is 163 Å². The lowest BCUT2D eigenvalue weighted by Gasteiger charge is -2.21. The van der Waals surface area contributed by atoms with Crippen LogP contribution in [-0.4, -0.2) is 38.1 Å². The first-order valence-electron chi connectivity index (χ1n) is 7.30. The third-order valence-electron chi connectivity index (χ3n) is 3.30. The van der Waals surface area contributed by atoms with Gasteiger partial charge in [0.1, 0.15) is 13.8 Å². The largest absolute Gasteiger partial charge is 0.375 e. The van der Waals surface area contributed by atoms with E-state index in [1.165, 1.54) is 23.1 Å². The second kappa shape index (κ2) is 8.89. The highest BCUT2D eigenvalue weighted by molar-refractivity contribution is 9.10. The highest BCUT2D eigenvalue weighted by atomic mass is 79.9. The van der Waals surface area contributed by atoms with Gasteiger partial charge in [-0.1, -0.05) is 35.3 Å². The number of nitrogens with zero attached hydrogens (tertiary/aromatic N) is 3. The topological polar surface area (TPSA) is 72.1 Å². The molecule has 0 bridgehead atoms. The quantitative estimate of drug-likeness (QED) is 0.409. The van der Waals surface area contributed by atoms with Gasteiger partial charge in [-0.05, 0) is 41.4 Å². The smallest absolute Gasteiger partial charge is 0.181 e. The number of pyridine rings is 1. The van der Waals surface area contributed by atoms with Gasteiger partial charge in [0.05, 0.1) is 0 Å². The summed E-state index contributed by atoms with van der Waals surface area (Å²) in [4.78, 5) is 24.3. The van der Waals surface area contributed by atoms with E-state index in [0.29, 0.717) is 14.6 Å². The standard InChI is InChI=1S/C15H17BrN4OS3/c1-3-20(4-2)15(22)23-11-8-18-6-5-9(11)7-10(21)12-13(16)19-14(17)24-12/h5-6,8H,3-4,7H2,1-2H3,(H2,17,19). The predicted octanol–water partition coefficient (Wildman–Crippen LogP) is 4.03. The number of halogens is 1. The summed E-state index contributed by atoms with van der Waals surface area (Å²) in [5.74, 6) is -0.0297. The molecule has 0 atom stereocenters. The fraction of sp³-hybridized carbons (Fsp3) is 0.333. The normalized spacial score (nSPS) is 10.6. The lowest BCUT2D eigenvalue weighted by molar-refractivity contribution is 0.0995. The van der Waals surface area contributed by atoms with E-state index in [9.17, 15) is 4.79 Å². The number of rotatable bonds is 6. The van der Waals surface area contributed by atoms with Gasteiger partial charge in [-0.25, -0.2) is 4.98 Å². The number of carbonyl (C=O) groups excluding carboxylic acids is 1. The summed E-state index contributed by atoms with van der Waals surface area (Å²) in [6.45, 7) is 5.83. The van der Waals surface area contributed by atoms with E-state index < -0.39 is 0 Å². The molecule has 9 heteroatoms. The van der Waals surface area contributed by atoms with Crippen molar-refractivity contribution in [3.8, 4) is 0 Å². The fourth-order valence-electron chi connectivity index (χ4n) is 2.03. The van der Waals surface area contributed by atoms with Crippen LogP contribution < -0.4 is 5.73 Å². The number of nitrogen functional groups attached to an aromatic ring is 1. The molecule has 2 aromatic rings. The zero-order chi connectivity index (χ0) is 17.7. The predicted molar refractivity (Wildman–Crippen MR) is 108 cm³/mol. The monoisotopic (exact) mass is 444 g/mol. The number of aromatic nitrogens is 2. The number of hydrogen-bond acceptors (Lipinski definition) is 7. The number of thiazole rings is 1. The van der Waals surface area contributed by atoms with Gasteiger partial charge in [0.15, 0.2) is 10.9 Å². The Hall–Kier alpha value is -1.03. The van der Waals surface area contributed by atoms with Crippen molar-refractivity contribution in [1.29, 1.82) is 0 Å². The summed E-state index contributed by atoms with van der Waals surface area (Å²) in [5.41, 5.74) is 6.56. The van der Waals surface area contributed by atoms with Crippen molar-refractivity contribution >= 4 is 66.5 Å². The van der Waals surface area contributed by atoms with Crippen LogP contribution in [0.15, 0.2) is 28.0 Å². The number of Topliss-reactive ketones (excluding diaryl/α,β-unsaturated/α-hetero) is 1. The van der Waals surface area contributed by atoms with Gasteiger partial charge in [-0.15, -0.1) is 0 Å². The average molecular weight is 445 g/mol. The first-order chi connectivity index (χ1) is 11.5. The van der Waals surface area contributed by atoms with Crippen LogP contribution in [0, 0.1) is 0 Å². The Morgan fingerprint density at radius 2 is 2.17 bits per heavy atom. The Kier molecular flexibility index (Phi) is 7.15. The van der Waals surface area contributed by atoms with E-state index in [-0.39, 0.29) is 12.2 Å². The Morgan fingerprint density at radius 3 is 2.75 bits per heavy atom. The number of hydrogen-bond donors (Lipinski definition) is 1. The minimum absolute atomic E-state index is 0.0297. The van der Waals surface area contributed by atoms with E-state index in [2.05, 4.69) is 44.6 Å². The molecule has 0 aromatic carbocycles. The molecule has 2 heterocycles. The van der Waals surface area contributed by atoms with Crippen molar-refractivity contribution in [2.24, 2.45) is 0 Å². The van der Waals surface area contributed by atoms with Crippen LogP contribution in [0.25, 0.3) is 0 Å². The van der Waals surface area contributed by atoms with Gasteiger partial charge < -0.3 is 10.6 Å². The molecule has 5 nitrogen and oxygen atoms in total. The Morgan fingerprint density at radius 1 is 1.46 bits per heavy atom. The van der Waals surface area contributed by atoms with Gasteiger partial charge in [-0.3, -0.25) is 9.78 Å². The highest BCUT2D eigenvalue weighted by Crippen LogP contribution is 2.29. The number of thiocarbonyl (C=S) groups is 1. The van der Waals surface area contributed by atoms with Crippen LogP contribution in [0.2, 0.25) is 0 Å².